The third kappa shape index (κ3) is 5.14. The van der Waals surface area contributed by atoms with Gasteiger partial charge >= 0.3 is 0 Å². The van der Waals surface area contributed by atoms with E-state index in [1.165, 1.54) is 24.0 Å². The van der Waals surface area contributed by atoms with Gasteiger partial charge in [-0.15, -0.1) is 0 Å². The van der Waals surface area contributed by atoms with Crippen molar-refractivity contribution >= 4 is 0 Å². The predicted octanol–water partition coefficient (Wildman–Crippen LogP) is 2.66. The Balaban J connectivity index is 1.61. The number of hydrogen-bond acceptors (Lipinski definition) is 4. The summed E-state index contributed by atoms with van der Waals surface area (Å²) in [7, 11) is 0. The van der Waals surface area contributed by atoms with Crippen molar-refractivity contribution in [3.63, 3.8) is 0 Å². The molecule has 0 unspecified atom stereocenters. The van der Waals surface area contributed by atoms with E-state index in [2.05, 4.69) is 47.4 Å². The predicted molar refractivity (Wildman–Crippen MR) is 98.8 cm³/mol. The van der Waals surface area contributed by atoms with Gasteiger partial charge in [0.1, 0.15) is 0 Å². The molecule has 2 heterocycles. The van der Waals surface area contributed by atoms with Gasteiger partial charge in [0.15, 0.2) is 0 Å². The van der Waals surface area contributed by atoms with Gasteiger partial charge in [0, 0.05) is 43.9 Å². The summed E-state index contributed by atoms with van der Waals surface area (Å²) < 4.78 is 7.50. The lowest BCUT2D eigenvalue weighted by atomic mass is 10.1. The third-order valence-electron chi connectivity index (χ3n) is 4.74. The molecule has 1 aromatic carbocycles. The number of nitrogens with zero attached hydrogens (tertiary/aromatic N) is 3. The number of aliphatic hydroxyl groups is 1. The average molecular weight is 343 g/mol. The van der Waals surface area contributed by atoms with E-state index in [1.807, 2.05) is 10.9 Å². The van der Waals surface area contributed by atoms with Crippen molar-refractivity contribution in [2.75, 3.05) is 32.9 Å². The highest BCUT2D eigenvalue weighted by Crippen LogP contribution is 2.14. The average Bonchev–Trinajstić information content (AvgIpc) is 2.98. The maximum Gasteiger partial charge on any atom is 0.0645 e. The number of rotatable bonds is 7. The van der Waals surface area contributed by atoms with Crippen LogP contribution in [0.25, 0.3) is 5.69 Å². The van der Waals surface area contributed by atoms with E-state index in [0.717, 1.165) is 38.3 Å². The van der Waals surface area contributed by atoms with E-state index in [0.29, 0.717) is 6.61 Å². The van der Waals surface area contributed by atoms with E-state index in [1.54, 1.807) is 0 Å². The van der Waals surface area contributed by atoms with E-state index in [4.69, 9.17) is 4.74 Å². The Labute approximate surface area is 150 Å². The fourth-order valence-electron chi connectivity index (χ4n) is 3.24. The molecule has 0 radical (unpaired) electrons. The fourth-order valence-corrected chi connectivity index (χ4v) is 3.24. The fraction of sp³-hybridized carbons (Fsp3) is 0.550. The minimum atomic E-state index is 0.181. The Kier molecular flexibility index (Phi) is 6.62. The number of ether oxygens (including phenoxy) is 1. The molecule has 5 nitrogen and oxygen atoms in total. The van der Waals surface area contributed by atoms with Gasteiger partial charge in [-0.2, -0.15) is 5.10 Å². The summed E-state index contributed by atoms with van der Waals surface area (Å²) in [6.07, 6.45) is 7.64. The van der Waals surface area contributed by atoms with Crippen LogP contribution >= 0.6 is 0 Å². The summed E-state index contributed by atoms with van der Waals surface area (Å²) in [5, 5.41) is 13.9. The molecule has 136 valence electrons. The number of hydrogen-bond donors (Lipinski definition) is 1. The first-order chi connectivity index (χ1) is 12.3. The SMILES string of the molecule is CCCCc1ccc(-n2cc(CN3CCOC[C@H](CO)C3)cn2)cc1. The Morgan fingerprint density at radius 1 is 1.24 bits per heavy atom. The van der Waals surface area contributed by atoms with Crippen LogP contribution in [0.15, 0.2) is 36.7 Å². The first-order valence-electron chi connectivity index (χ1n) is 9.32. The van der Waals surface area contributed by atoms with E-state index >= 15 is 0 Å². The summed E-state index contributed by atoms with van der Waals surface area (Å²) >= 11 is 0. The molecular formula is C20H29N3O2. The zero-order valence-corrected chi connectivity index (χ0v) is 15.1. The van der Waals surface area contributed by atoms with Gasteiger partial charge in [-0.25, -0.2) is 4.68 Å². The molecule has 1 N–H and O–H groups in total. The summed E-state index contributed by atoms with van der Waals surface area (Å²) in [5.74, 6) is 0.202. The van der Waals surface area contributed by atoms with Crippen molar-refractivity contribution in [3.05, 3.63) is 47.8 Å². The molecule has 0 spiro atoms. The van der Waals surface area contributed by atoms with Crippen molar-refractivity contribution in [3.8, 4) is 5.69 Å². The summed E-state index contributed by atoms with van der Waals surface area (Å²) in [6, 6.07) is 8.68. The van der Waals surface area contributed by atoms with Crippen LogP contribution in [0.4, 0.5) is 0 Å². The molecule has 2 aromatic rings. The molecule has 0 bridgehead atoms. The first kappa shape index (κ1) is 18.1. The van der Waals surface area contributed by atoms with Crippen LogP contribution in [-0.4, -0.2) is 52.7 Å². The van der Waals surface area contributed by atoms with Gasteiger partial charge in [-0.1, -0.05) is 25.5 Å². The molecule has 5 heteroatoms. The lowest BCUT2D eigenvalue weighted by Crippen LogP contribution is -2.30. The second-order valence-corrected chi connectivity index (χ2v) is 6.92. The maximum atomic E-state index is 9.41. The zero-order chi connectivity index (χ0) is 17.5. The molecule has 1 aliphatic heterocycles. The monoisotopic (exact) mass is 343 g/mol. The molecule has 3 rings (SSSR count). The molecule has 0 saturated carbocycles. The number of aliphatic hydroxyl groups excluding tert-OH is 1. The van der Waals surface area contributed by atoms with Crippen molar-refractivity contribution in [1.29, 1.82) is 0 Å². The van der Waals surface area contributed by atoms with Gasteiger partial charge in [-0.05, 0) is 30.5 Å². The number of aryl methyl sites for hydroxylation is 1. The van der Waals surface area contributed by atoms with Gasteiger partial charge in [0.25, 0.3) is 0 Å². The normalized spacial score (nSPS) is 19.0. The van der Waals surface area contributed by atoms with Gasteiger partial charge in [-0.3, -0.25) is 4.90 Å². The van der Waals surface area contributed by atoms with Crippen molar-refractivity contribution < 1.29 is 9.84 Å². The molecule has 1 atom stereocenters. The topological polar surface area (TPSA) is 50.5 Å². The Hall–Kier alpha value is -1.69. The Morgan fingerprint density at radius 2 is 2.08 bits per heavy atom. The highest BCUT2D eigenvalue weighted by Gasteiger charge is 2.18. The van der Waals surface area contributed by atoms with Crippen molar-refractivity contribution in [2.24, 2.45) is 5.92 Å². The van der Waals surface area contributed by atoms with Crippen molar-refractivity contribution in [2.45, 2.75) is 32.7 Å². The smallest absolute Gasteiger partial charge is 0.0645 e. The van der Waals surface area contributed by atoms with Crippen LogP contribution in [0.1, 0.15) is 30.9 Å². The standard InChI is InChI=1S/C20H29N3O2/c1-2-3-4-17-5-7-20(8-6-17)23-14-18(11-21-23)12-22-9-10-25-16-19(13-22)15-24/h5-8,11,14,19,24H,2-4,9-10,12-13,15-16H2,1H3/t19-/m0/s1. The molecule has 1 fully saturated rings. The minimum Gasteiger partial charge on any atom is -0.396 e. The zero-order valence-electron chi connectivity index (χ0n) is 15.1. The van der Waals surface area contributed by atoms with E-state index in [9.17, 15) is 5.11 Å². The maximum absolute atomic E-state index is 9.41. The van der Waals surface area contributed by atoms with Crippen molar-refractivity contribution in [1.82, 2.24) is 14.7 Å². The summed E-state index contributed by atoms with van der Waals surface area (Å²) in [6.45, 7) is 6.38. The quantitative estimate of drug-likeness (QED) is 0.840. The Morgan fingerprint density at radius 3 is 2.84 bits per heavy atom. The van der Waals surface area contributed by atoms with Gasteiger partial charge < -0.3 is 9.84 Å². The van der Waals surface area contributed by atoms with Gasteiger partial charge in [0.2, 0.25) is 0 Å². The largest absolute Gasteiger partial charge is 0.396 e. The lowest BCUT2D eigenvalue weighted by Gasteiger charge is -2.21. The van der Waals surface area contributed by atoms with Crippen LogP contribution in [0.3, 0.4) is 0 Å². The second-order valence-electron chi connectivity index (χ2n) is 6.92. The summed E-state index contributed by atoms with van der Waals surface area (Å²) in [4.78, 5) is 2.34. The minimum absolute atomic E-state index is 0.181. The molecule has 1 saturated heterocycles. The van der Waals surface area contributed by atoms with Crippen LogP contribution in [0.5, 0.6) is 0 Å². The molecule has 0 amide bonds. The van der Waals surface area contributed by atoms with Crippen LogP contribution in [-0.2, 0) is 17.7 Å². The number of benzene rings is 1. The highest BCUT2D eigenvalue weighted by atomic mass is 16.5. The van der Waals surface area contributed by atoms with E-state index < -0.39 is 0 Å². The first-order valence-corrected chi connectivity index (χ1v) is 9.32. The number of aromatic nitrogens is 2. The van der Waals surface area contributed by atoms with Crippen LogP contribution < -0.4 is 0 Å². The highest BCUT2D eigenvalue weighted by molar-refractivity contribution is 5.34. The van der Waals surface area contributed by atoms with Crippen LogP contribution in [0.2, 0.25) is 0 Å². The molecule has 0 aliphatic carbocycles. The van der Waals surface area contributed by atoms with Crippen LogP contribution in [0, 0.1) is 5.92 Å². The number of unbranched alkanes of at least 4 members (excludes halogenated alkanes) is 1. The lowest BCUT2D eigenvalue weighted by molar-refractivity contribution is 0.0958. The Bertz CT molecular complexity index is 639. The molecular weight excluding hydrogens is 314 g/mol. The van der Waals surface area contributed by atoms with Gasteiger partial charge in [0.05, 0.1) is 25.1 Å². The van der Waals surface area contributed by atoms with E-state index in [-0.39, 0.29) is 12.5 Å². The summed E-state index contributed by atoms with van der Waals surface area (Å²) in [5.41, 5.74) is 3.67. The molecule has 25 heavy (non-hydrogen) atoms. The second kappa shape index (κ2) is 9.13. The molecule has 1 aliphatic rings. The molecule has 1 aromatic heterocycles. The third-order valence-corrected chi connectivity index (χ3v) is 4.74.